The van der Waals surface area contributed by atoms with Crippen LogP contribution >= 0.6 is 0 Å². The van der Waals surface area contributed by atoms with Gasteiger partial charge in [-0.25, -0.2) is 4.39 Å². The van der Waals surface area contributed by atoms with Crippen molar-refractivity contribution in [3.8, 4) is 5.75 Å². The van der Waals surface area contributed by atoms with Crippen molar-refractivity contribution in [2.75, 3.05) is 37.7 Å². The first-order valence-corrected chi connectivity index (χ1v) is 9.20. The van der Waals surface area contributed by atoms with Gasteiger partial charge in [0.15, 0.2) is 11.6 Å². The highest BCUT2D eigenvalue weighted by Crippen LogP contribution is 2.28. The largest absolute Gasteiger partial charge is 0.491 e. The number of nitro benzene ring substituents is 1. The number of nitrogens with zero attached hydrogens (tertiary/aromatic N) is 3. The summed E-state index contributed by atoms with van der Waals surface area (Å²) in [6, 6.07) is 12.8. The summed E-state index contributed by atoms with van der Waals surface area (Å²) >= 11 is 0. The van der Waals surface area contributed by atoms with E-state index >= 15 is 0 Å². The molecular weight excluding hydrogens is 365 g/mol. The zero-order valence-corrected chi connectivity index (χ0v) is 15.4. The van der Waals surface area contributed by atoms with E-state index in [1.54, 1.807) is 41.3 Å². The number of piperazine rings is 1. The molecule has 1 aliphatic rings. The van der Waals surface area contributed by atoms with E-state index in [0.717, 1.165) is 0 Å². The summed E-state index contributed by atoms with van der Waals surface area (Å²) in [7, 11) is 0. The Hall–Kier alpha value is -3.16. The summed E-state index contributed by atoms with van der Waals surface area (Å²) in [5.74, 6) is -0.215. The van der Waals surface area contributed by atoms with E-state index in [4.69, 9.17) is 4.74 Å². The third-order valence-corrected chi connectivity index (χ3v) is 4.68. The van der Waals surface area contributed by atoms with Gasteiger partial charge in [-0.15, -0.1) is 0 Å². The lowest BCUT2D eigenvalue weighted by molar-refractivity contribution is -0.384. The van der Waals surface area contributed by atoms with Crippen molar-refractivity contribution in [3.05, 3.63) is 64.5 Å². The fourth-order valence-corrected chi connectivity index (χ4v) is 3.21. The predicted molar refractivity (Wildman–Crippen MR) is 103 cm³/mol. The number of amides is 1. The lowest BCUT2D eigenvalue weighted by atomic mass is 10.2. The number of ether oxygens (including phenoxy) is 1. The monoisotopic (exact) mass is 387 g/mol. The van der Waals surface area contributed by atoms with E-state index in [0.29, 0.717) is 44.7 Å². The molecule has 1 fully saturated rings. The first-order valence-electron chi connectivity index (χ1n) is 9.20. The van der Waals surface area contributed by atoms with Crippen LogP contribution in [0.15, 0.2) is 48.5 Å². The quantitative estimate of drug-likeness (QED) is 0.414. The van der Waals surface area contributed by atoms with Gasteiger partial charge < -0.3 is 14.5 Å². The Labute approximate surface area is 162 Å². The van der Waals surface area contributed by atoms with E-state index in [2.05, 4.69) is 0 Å². The van der Waals surface area contributed by atoms with E-state index in [1.807, 2.05) is 4.90 Å². The van der Waals surface area contributed by atoms with E-state index in [-0.39, 0.29) is 28.9 Å². The van der Waals surface area contributed by atoms with Gasteiger partial charge in [0.1, 0.15) is 5.69 Å². The molecule has 1 amide bonds. The van der Waals surface area contributed by atoms with E-state index in [9.17, 15) is 19.3 Å². The second kappa shape index (κ2) is 9.16. The van der Waals surface area contributed by atoms with Gasteiger partial charge in [-0.2, -0.15) is 0 Å². The lowest BCUT2D eigenvalue weighted by Gasteiger charge is -2.35. The molecule has 0 atom stereocenters. The first-order chi connectivity index (χ1) is 13.6. The lowest BCUT2D eigenvalue weighted by Crippen LogP contribution is -2.49. The minimum absolute atomic E-state index is 0.0133. The number of para-hydroxylation sites is 3. The normalized spacial score (nSPS) is 14.0. The summed E-state index contributed by atoms with van der Waals surface area (Å²) < 4.78 is 18.8. The molecule has 0 aliphatic carbocycles. The standard InChI is InChI=1S/C20H22FN3O4/c21-16-6-1-4-9-19(16)28-15-5-10-20(25)23-13-11-22(12-14-23)17-7-2-3-8-18(17)24(26)27/h1-4,6-9H,5,10-15H2. The zero-order chi connectivity index (χ0) is 19.9. The maximum Gasteiger partial charge on any atom is 0.292 e. The SMILES string of the molecule is O=C(CCCOc1ccccc1F)N1CCN(c2ccccc2[N+](=O)[O-])CC1. The van der Waals surface area contributed by atoms with Gasteiger partial charge in [-0.05, 0) is 24.6 Å². The molecule has 0 aromatic heterocycles. The first kappa shape index (κ1) is 19.6. The second-order valence-electron chi connectivity index (χ2n) is 6.50. The average Bonchev–Trinajstić information content (AvgIpc) is 2.72. The van der Waals surface area contributed by atoms with Crippen molar-refractivity contribution < 1.29 is 18.8 Å². The molecule has 28 heavy (non-hydrogen) atoms. The number of benzene rings is 2. The molecule has 7 nitrogen and oxygen atoms in total. The smallest absolute Gasteiger partial charge is 0.292 e. The van der Waals surface area contributed by atoms with Crippen LogP contribution in [0.4, 0.5) is 15.8 Å². The molecule has 148 valence electrons. The molecule has 1 saturated heterocycles. The molecule has 0 radical (unpaired) electrons. The molecule has 1 aliphatic heterocycles. The Morgan fingerprint density at radius 2 is 1.75 bits per heavy atom. The molecule has 0 bridgehead atoms. The molecule has 2 aromatic carbocycles. The van der Waals surface area contributed by atoms with Crippen molar-refractivity contribution >= 4 is 17.3 Å². The highest BCUT2D eigenvalue weighted by Gasteiger charge is 2.25. The molecule has 1 heterocycles. The van der Waals surface area contributed by atoms with Gasteiger partial charge in [0, 0.05) is 38.7 Å². The van der Waals surface area contributed by atoms with E-state index < -0.39 is 5.82 Å². The highest BCUT2D eigenvalue weighted by atomic mass is 19.1. The Morgan fingerprint density at radius 1 is 1.07 bits per heavy atom. The van der Waals surface area contributed by atoms with Gasteiger partial charge in [-0.3, -0.25) is 14.9 Å². The molecule has 0 spiro atoms. The third-order valence-electron chi connectivity index (χ3n) is 4.68. The molecule has 2 aromatic rings. The maximum atomic E-state index is 13.5. The molecule has 0 N–H and O–H groups in total. The van der Waals surface area contributed by atoms with Gasteiger partial charge in [0.25, 0.3) is 5.69 Å². The molecule has 8 heteroatoms. The number of carbonyl (C=O) groups excluding carboxylic acids is 1. The molecule has 0 unspecified atom stereocenters. The number of carbonyl (C=O) groups is 1. The minimum Gasteiger partial charge on any atom is -0.491 e. The van der Waals surface area contributed by atoms with Crippen LogP contribution in [0.1, 0.15) is 12.8 Å². The van der Waals surface area contributed by atoms with Crippen LogP contribution in [0.3, 0.4) is 0 Å². The number of anilines is 1. The van der Waals surface area contributed by atoms with Crippen LogP contribution in [0, 0.1) is 15.9 Å². The van der Waals surface area contributed by atoms with Crippen LogP contribution in [0.5, 0.6) is 5.75 Å². The van der Waals surface area contributed by atoms with Crippen molar-refractivity contribution in [1.29, 1.82) is 0 Å². The van der Waals surface area contributed by atoms with Crippen LogP contribution in [0.2, 0.25) is 0 Å². The van der Waals surface area contributed by atoms with Crippen molar-refractivity contribution in [3.63, 3.8) is 0 Å². The summed E-state index contributed by atoms with van der Waals surface area (Å²) in [5.41, 5.74) is 0.658. The second-order valence-corrected chi connectivity index (χ2v) is 6.50. The van der Waals surface area contributed by atoms with Gasteiger partial charge in [0.05, 0.1) is 11.5 Å². The number of hydrogen-bond acceptors (Lipinski definition) is 5. The van der Waals surface area contributed by atoms with Crippen LogP contribution in [0.25, 0.3) is 0 Å². The summed E-state index contributed by atoms with van der Waals surface area (Å²) in [4.78, 5) is 26.9. The number of rotatable bonds is 7. The predicted octanol–water partition coefficient (Wildman–Crippen LogP) is 3.24. The van der Waals surface area contributed by atoms with Crippen molar-refractivity contribution in [2.45, 2.75) is 12.8 Å². The summed E-state index contributed by atoms with van der Waals surface area (Å²) in [6.07, 6.45) is 0.817. The average molecular weight is 387 g/mol. The number of hydrogen-bond donors (Lipinski definition) is 0. The fourth-order valence-electron chi connectivity index (χ4n) is 3.21. The van der Waals surface area contributed by atoms with Crippen LogP contribution in [-0.4, -0.2) is 48.5 Å². The topological polar surface area (TPSA) is 75.9 Å². The Balaban J connectivity index is 1.44. The Kier molecular flexibility index (Phi) is 6.41. The highest BCUT2D eigenvalue weighted by molar-refractivity contribution is 5.76. The molecular formula is C20H22FN3O4. The van der Waals surface area contributed by atoms with Gasteiger partial charge in [0.2, 0.25) is 5.91 Å². The zero-order valence-electron chi connectivity index (χ0n) is 15.4. The fraction of sp³-hybridized carbons (Fsp3) is 0.350. The van der Waals surface area contributed by atoms with Crippen LogP contribution < -0.4 is 9.64 Å². The van der Waals surface area contributed by atoms with Gasteiger partial charge >= 0.3 is 0 Å². The summed E-state index contributed by atoms with van der Waals surface area (Å²) in [5, 5.41) is 11.2. The van der Waals surface area contributed by atoms with Crippen molar-refractivity contribution in [1.82, 2.24) is 4.90 Å². The minimum atomic E-state index is -0.417. The van der Waals surface area contributed by atoms with Gasteiger partial charge in [-0.1, -0.05) is 24.3 Å². The Morgan fingerprint density at radius 3 is 2.46 bits per heavy atom. The Bertz CT molecular complexity index is 838. The molecule has 3 rings (SSSR count). The van der Waals surface area contributed by atoms with Crippen molar-refractivity contribution in [2.24, 2.45) is 0 Å². The van der Waals surface area contributed by atoms with Crippen LogP contribution in [-0.2, 0) is 4.79 Å². The van der Waals surface area contributed by atoms with E-state index in [1.165, 1.54) is 12.1 Å². The number of nitro groups is 1. The third kappa shape index (κ3) is 4.76. The number of halogens is 1. The molecule has 0 saturated carbocycles. The summed E-state index contributed by atoms with van der Waals surface area (Å²) in [6.45, 7) is 2.38. The maximum absolute atomic E-state index is 13.5.